The second-order valence-electron chi connectivity index (χ2n) is 3.64. The van der Waals surface area contributed by atoms with Crippen molar-refractivity contribution in [2.45, 2.75) is 0 Å². The Balaban J connectivity index is 2.30. The zero-order valence-electron chi connectivity index (χ0n) is 8.03. The molecule has 1 aromatic carbocycles. The molecule has 0 atom stereocenters. The first-order valence-electron chi connectivity index (χ1n) is 4.71. The molecule has 0 aliphatic carbocycles. The van der Waals surface area contributed by atoms with Gasteiger partial charge in [0.15, 0.2) is 0 Å². The minimum Gasteiger partial charge on any atom is -0.488 e. The minimum absolute atomic E-state index is 0.693. The average Bonchev–Trinajstić information content (AvgIpc) is 2.51. The normalized spacial score (nSPS) is 17.2. The molecule has 0 spiro atoms. The van der Waals surface area contributed by atoms with Crippen molar-refractivity contribution >= 4 is 11.6 Å². The van der Waals surface area contributed by atoms with Crippen LogP contribution < -0.4 is 4.74 Å². The molecule has 2 aliphatic rings. The molecular formula is C12H11NO. The van der Waals surface area contributed by atoms with Crippen molar-refractivity contribution in [2.24, 2.45) is 0 Å². The summed E-state index contributed by atoms with van der Waals surface area (Å²) >= 11 is 0. The first-order valence-corrected chi connectivity index (χ1v) is 4.71. The molecule has 0 saturated heterocycles. The van der Waals surface area contributed by atoms with Gasteiger partial charge in [0.1, 0.15) is 12.4 Å². The highest BCUT2D eigenvalue weighted by molar-refractivity contribution is 5.82. The van der Waals surface area contributed by atoms with E-state index in [1.54, 1.807) is 0 Å². The number of ether oxygens (including phenoxy) is 1. The molecule has 0 unspecified atom stereocenters. The number of hydrogen-bond donors (Lipinski definition) is 0. The summed E-state index contributed by atoms with van der Waals surface area (Å²) in [4.78, 5) is 2.06. The molecule has 70 valence electrons. The van der Waals surface area contributed by atoms with Crippen molar-refractivity contribution in [1.29, 1.82) is 0 Å². The number of rotatable bonds is 0. The van der Waals surface area contributed by atoms with Crippen molar-refractivity contribution < 1.29 is 4.74 Å². The van der Waals surface area contributed by atoms with Crippen LogP contribution in [0.3, 0.4) is 0 Å². The third-order valence-electron chi connectivity index (χ3n) is 2.61. The van der Waals surface area contributed by atoms with E-state index >= 15 is 0 Å². The highest BCUT2D eigenvalue weighted by Crippen LogP contribution is 2.37. The Labute approximate surface area is 83.1 Å². The van der Waals surface area contributed by atoms with E-state index in [9.17, 15) is 0 Å². The molecule has 0 radical (unpaired) electrons. The summed E-state index contributed by atoms with van der Waals surface area (Å²) in [6, 6.07) is 6.18. The van der Waals surface area contributed by atoms with E-state index in [4.69, 9.17) is 4.74 Å². The molecule has 0 fully saturated rings. The van der Waals surface area contributed by atoms with Gasteiger partial charge in [-0.25, -0.2) is 0 Å². The van der Waals surface area contributed by atoms with E-state index in [1.165, 1.54) is 16.7 Å². The molecule has 0 amide bonds. The molecule has 0 saturated carbocycles. The second kappa shape index (κ2) is 2.64. The van der Waals surface area contributed by atoms with Gasteiger partial charge in [0, 0.05) is 30.6 Å². The predicted octanol–water partition coefficient (Wildman–Crippen LogP) is 2.34. The predicted molar refractivity (Wildman–Crippen MR) is 56.7 cm³/mol. The molecule has 2 heterocycles. The van der Waals surface area contributed by atoms with Crippen LogP contribution in [-0.2, 0) is 0 Å². The Hall–Kier alpha value is -1.70. The van der Waals surface area contributed by atoms with Crippen LogP contribution >= 0.6 is 0 Å². The molecule has 3 rings (SSSR count). The molecule has 0 aromatic heterocycles. The lowest BCUT2D eigenvalue weighted by Crippen LogP contribution is -2.01. The summed E-state index contributed by atoms with van der Waals surface area (Å²) in [6.45, 7) is 0.693. The van der Waals surface area contributed by atoms with Crippen molar-refractivity contribution in [3.8, 4) is 5.75 Å². The quantitative estimate of drug-likeness (QED) is 0.615. The molecule has 2 heteroatoms. The molecule has 0 bridgehead atoms. The van der Waals surface area contributed by atoms with Crippen LogP contribution in [-0.4, -0.2) is 18.6 Å². The monoisotopic (exact) mass is 185 g/mol. The molecular weight excluding hydrogens is 174 g/mol. The Morgan fingerprint density at radius 3 is 3.21 bits per heavy atom. The molecule has 0 N–H and O–H groups in total. The van der Waals surface area contributed by atoms with Gasteiger partial charge in [-0.1, -0.05) is 12.1 Å². The average molecular weight is 185 g/mol. The minimum atomic E-state index is 0.693. The van der Waals surface area contributed by atoms with Gasteiger partial charge in [0.2, 0.25) is 0 Å². The van der Waals surface area contributed by atoms with Crippen LogP contribution in [0.1, 0.15) is 11.1 Å². The second-order valence-corrected chi connectivity index (χ2v) is 3.64. The van der Waals surface area contributed by atoms with Crippen LogP contribution in [0.4, 0.5) is 0 Å². The van der Waals surface area contributed by atoms with E-state index in [2.05, 4.69) is 29.4 Å². The Morgan fingerprint density at radius 2 is 2.29 bits per heavy atom. The van der Waals surface area contributed by atoms with Gasteiger partial charge in [-0.2, -0.15) is 0 Å². The van der Waals surface area contributed by atoms with E-state index in [0.717, 1.165) is 5.75 Å². The van der Waals surface area contributed by atoms with Gasteiger partial charge in [-0.3, -0.25) is 0 Å². The number of benzene rings is 1. The molecule has 2 nitrogen and oxygen atoms in total. The standard InChI is InChI=1S/C12H11NO/c1-13-6-5-9-3-2-4-11-12(9)10(7-13)8-14-11/h2-7H,8H2,1H3. The fraction of sp³-hybridized carbons (Fsp3) is 0.167. The smallest absolute Gasteiger partial charge is 0.128 e. The van der Waals surface area contributed by atoms with Crippen molar-refractivity contribution in [3.05, 3.63) is 41.7 Å². The maximum Gasteiger partial charge on any atom is 0.128 e. The molecule has 2 aliphatic heterocycles. The highest BCUT2D eigenvalue weighted by atomic mass is 16.5. The van der Waals surface area contributed by atoms with Gasteiger partial charge in [-0.15, -0.1) is 0 Å². The third-order valence-corrected chi connectivity index (χ3v) is 2.61. The van der Waals surface area contributed by atoms with Crippen LogP contribution in [0.5, 0.6) is 5.75 Å². The largest absolute Gasteiger partial charge is 0.488 e. The van der Waals surface area contributed by atoms with Gasteiger partial charge in [0.25, 0.3) is 0 Å². The van der Waals surface area contributed by atoms with Gasteiger partial charge in [-0.05, 0) is 17.7 Å². The Bertz CT molecular complexity index is 446. The topological polar surface area (TPSA) is 12.5 Å². The zero-order valence-corrected chi connectivity index (χ0v) is 8.03. The van der Waals surface area contributed by atoms with Crippen LogP contribution in [0.2, 0.25) is 0 Å². The first-order chi connectivity index (χ1) is 6.84. The van der Waals surface area contributed by atoms with Gasteiger partial charge < -0.3 is 9.64 Å². The zero-order chi connectivity index (χ0) is 9.54. The lowest BCUT2D eigenvalue weighted by atomic mass is 10.0. The Morgan fingerprint density at radius 1 is 1.36 bits per heavy atom. The summed E-state index contributed by atoms with van der Waals surface area (Å²) in [7, 11) is 2.04. The van der Waals surface area contributed by atoms with Crippen molar-refractivity contribution in [3.63, 3.8) is 0 Å². The van der Waals surface area contributed by atoms with Gasteiger partial charge in [0.05, 0.1) is 0 Å². The summed E-state index contributed by atoms with van der Waals surface area (Å²) in [6.07, 6.45) is 6.32. The highest BCUT2D eigenvalue weighted by Gasteiger charge is 2.21. The van der Waals surface area contributed by atoms with E-state index in [0.29, 0.717) is 6.61 Å². The lowest BCUT2D eigenvalue weighted by molar-refractivity contribution is 0.387. The van der Waals surface area contributed by atoms with E-state index in [-0.39, 0.29) is 0 Å². The van der Waals surface area contributed by atoms with E-state index in [1.807, 2.05) is 19.2 Å². The maximum absolute atomic E-state index is 5.60. The lowest BCUT2D eigenvalue weighted by Gasteiger charge is -2.05. The van der Waals surface area contributed by atoms with Crippen LogP contribution in [0.25, 0.3) is 11.6 Å². The summed E-state index contributed by atoms with van der Waals surface area (Å²) < 4.78 is 5.60. The van der Waals surface area contributed by atoms with Crippen molar-refractivity contribution in [2.75, 3.05) is 13.7 Å². The van der Waals surface area contributed by atoms with Crippen LogP contribution in [0, 0.1) is 0 Å². The number of hydrogen-bond acceptors (Lipinski definition) is 2. The van der Waals surface area contributed by atoms with E-state index < -0.39 is 0 Å². The summed E-state index contributed by atoms with van der Waals surface area (Å²) in [5.41, 5.74) is 3.77. The SMILES string of the molecule is CN1C=Cc2cccc3c2C(=C1)CO3. The first kappa shape index (κ1) is 7.68. The maximum atomic E-state index is 5.60. The molecule has 1 aromatic rings. The van der Waals surface area contributed by atoms with Crippen molar-refractivity contribution in [1.82, 2.24) is 4.90 Å². The third kappa shape index (κ3) is 0.970. The Kier molecular flexibility index (Phi) is 1.45. The molecule has 14 heavy (non-hydrogen) atoms. The summed E-state index contributed by atoms with van der Waals surface area (Å²) in [5, 5.41) is 0. The fourth-order valence-corrected chi connectivity index (χ4v) is 1.97. The summed E-state index contributed by atoms with van der Waals surface area (Å²) in [5.74, 6) is 1.01. The fourth-order valence-electron chi connectivity index (χ4n) is 1.97. The van der Waals surface area contributed by atoms with Crippen LogP contribution in [0.15, 0.2) is 30.6 Å². The van der Waals surface area contributed by atoms with Gasteiger partial charge >= 0.3 is 0 Å². The number of nitrogens with zero attached hydrogens (tertiary/aromatic N) is 1.